The third-order valence-electron chi connectivity index (χ3n) is 4.43. The van der Waals surface area contributed by atoms with Gasteiger partial charge in [-0.05, 0) is 42.0 Å². The molecule has 0 fully saturated rings. The third kappa shape index (κ3) is 4.79. The number of para-hydroxylation sites is 1. The first kappa shape index (κ1) is 22.5. The zero-order valence-corrected chi connectivity index (χ0v) is 17.2. The van der Waals surface area contributed by atoms with Crippen molar-refractivity contribution in [3.05, 3.63) is 77.9 Å². The first-order valence-corrected chi connectivity index (χ1v) is 10.3. The van der Waals surface area contributed by atoms with Crippen LogP contribution in [0.3, 0.4) is 0 Å². The Bertz CT molecular complexity index is 1210. The Morgan fingerprint density at radius 2 is 1.48 bits per heavy atom. The molecule has 0 heterocycles. The molecule has 3 aromatic rings. The molecule has 3 aromatic carbocycles. The Morgan fingerprint density at radius 1 is 0.871 bits per heavy atom. The van der Waals surface area contributed by atoms with Crippen LogP contribution < -0.4 is 9.62 Å². The van der Waals surface area contributed by atoms with Crippen LogP contribution in [0.1, 0.15) is 5.56 Å². The lowest BCUT2D eigenvalue weighted by molar-refractivity contribution is -0.137. The van der Waals surface area contributed by atoms with Gasteiger partial charge in [0.25, 0.3) is 10.0 Å². The summed E-state index contributed by atoms with van der Waals surface area (Å²) in [7, 11) is -1.63. The molecule has 31 heavy (non-hydrogen) atoms. The Balaban J connectivity index is 2.21. The SMILES string of the molecule is CN(C)c1cc(-c2cc(F)c(F)cc2S(=O)(=O)Nc2ccccc2)ccc1C(F)(F)F. The summed E-state index contributed by atoms with van der Waals surface area (Å²) < 4.78 is 96.0. The number of anilines is 2. The smallest absolute Gasteiger partial charge is 0.377 e. The van der Waals surface area contributed by atoms with Crippen molar-refractivity contribution in [1.82, 2.24) is 0 Å². The fraction of sp³-hybridized carbons (Fsp3) is 0.143. The molecule has 0 unspecified atom stereocenters. The van der Waals surface area contributed by atoms with E-state index in [1.54, 1.807) is 18.2 Å². The number of rotatable bonds is 5. The molecule has 0 aliphatic rings. The summed E-state index contributed by atoms with van der Waals surface area (Å²) in [5, 5.41) is 0. The van der Waals surface area contributed by atoms with Crippen LogP contribution in [0.5, 0.6) is 0 Å². The van der Waals surface area contributed by atoms with E-state index >= 15 is 0 Å². The molecular weight excluding hydrogens is 439 g/mol. The lowest BCUT2D eigenvalue weighted by atomic mass is 10.0. The largest absolute Gasteiger partial charge is 0.418 e. The van der Waals surface area contributed by atoms with E-state index in [1.165, 1.54) is 31.1 Å². The Hall–Kier alpha value is -3.14. The van der Waals surface area contributed by atoms with E-state index < -0.39 is 38.3 Å². The maximum Gasteiger partial charge on any atom is 0.418 e. The zero-order chi connectivity index (χ0) is 23.0. The van der Waals surface area contributed by atoms with Gasteiger partial charge in [-0.1, -0.05) is 24.3 Å². The van der Waals surface area contributed by atoms with Crippen molar-refractivity contribution in [1.29, 1.82) is 0 Å². The molecule has 1 N–H and O–H groups in total. The van der Waals surface area contributed by atoms with E-state index in [0.717, 1.165) is 18.2 Å². The van der Waals surface area contributed by atoms with Gasteiger partial charge < -0.3 is 4.90 Å². The molecule has 0 aliphatic heterocycles. The summed E-state index contributed by atoms with van der Waals surface area (Å²) in [4.78, 5) is 0.586. The number of alkyl halides is 3. The molecule has 0 saturated heterocycles. The number of hydrogen-bond acceptors (Lipinski definition) is 3. The van der Waals surface area contributed by atoms with Crippen LogP contribution in [-0.4, -0.2) is 22.5 Å². The Kier molecular flexibility index (Phi) is 5.95. The van der Waals surface area contributed by atoms with Crippen LogP contribution in [0, 0.1) is 11.6 Å². The van der Waals surface area contributed by atoms with Gasteiger partial charge in [-0.2, -0.15) is 13.2 Å². The van der Waals surface area contributed by atoms with E-state index in [2.05, 4.69) is 4.72 Å². The van der Waals surface area contributed by atoms with Crippen LogP contribution >= 0.6 is 0 Å². The first-order chi connectivity index (χ1) is 14.4. The number of hydrogen-bond donors (Lipinski definition) is 1. The van der Waals surface area contributed by atoms with Gasteiger partial charge in [0, 0.05) is 31.0 Å². The summed E-state index contributed by atoms with van der Waals surface area (Å²) >= 11 is 0. The van der Waals surface area contributed by atoms with Gasteiger partial charge in [0.1, 0.15) is 0 Å². The highest BCUT2D eigenvalue weighted by Crippen LogP contribution is 2.40. The van der Waals surface area contributed by atoms with Gasteiger partial charge in [0.2, 0.25) is 0 Å². The lowest BCUT2D eigenvalue weighted by Gasteiger charge is -2.21. The van der Waals surface area contributed by atoms with Crippen LogP contribution in [0.15, 0.2) is 65.6 Å². The van der Waals surface area contributed by atoms with Crippen LogP contribution in [0.4, 0.5) is 33.3 Å². The van der Waals surface area contributed by atoms with Crippen molar-refractivity contribution >= 4 is 21.4 Å². The van der Waals surface area contributed by atoms with E-state index in [0.29, 0.717) is 12.1 Å². The van der Waals surface area contributed by atoms with E-state index in [4.69, 9.17) is 0 Å². The van der Waals surface area contributed by atoms with Crippen LogP contribution in [0.25, 0.3) is 11.1 Å². The van der Waals surface area contributed by atoms with Crippen molar-refractivity contribution in [3.8, 4) is 11.1 Å². The molecule has 0 saturated carbocycles. The maximum atomic E-state index is 14.0. The van der Waals surface area contributed by atoms with E-state index in [-0.39, 0.29) is 22.5 Å². The normalized spacial score (nSPS) is 12.0. The highest BCUT2D eigenvalue weighted by Gasteiger charge is 2.34. The average molecular weight is 456 g/mol. The second-order valence-corrected chi connectivity index (χ2v) is 8.51. The molecule has 3 rings (SSSR count). The second-order valence-electron chi connectivity index (χ2n) is 6.86. The second kappa shape index (κ2) is 8.18. The van der Waals surface area contributed by atoms with E-state index in [9.17, 15) is 30.4 Å². The van der Waals surface area contributed by atoms with Crippen molar-refractivity contribution in [3.63, 3.8) is 0 Å². The number of benzene rings is 3. The van der Waals surface area contributed by atoms with Crippen LogP contribution in [0.2, 0.25) is 0 Å². The minimum atomic E-state index is -4.66. The first-order valence-electron chi connectivity index (χ1n) is 8.86. The summed E-state index contributed by atoms with van der Waals surface area (Å²) in [6, 6.07) is 11.7. The molecule has 0 radical (unpaired) electrons. The standard InChI is InChI=1S/C21H17F5N2O2S/c1-28(2)19-10-13(8-9-16(19)21(24,25)26)15-11-17(22)18(23)12-20(15)31(29,30)27-14-6-4-3-5-7-14/h3-12,27H,1-2H3. The Labute approximate surface area is 176 Å². The highest BCUT2D eigenvalue weighted by atomic mass is 32.2. The molecule has 4 nitrogen and oxygen atoms in total. The molecule has 0 bridgehead atoms. The summed E-state index contributed by atoms with van der Waals surface area (Å²) in [6.45, 7) is 0. The predicted octanol–water partition coefficient (Wildman–Crippen LogP) is 5.52. The van der Waals surface area contributed by atoms with E-state index in [1.807, 2.05) is 0 Å². The van der Waals surface area contributed by atoms with Crippen molar-refractivity contribution in [2.24, 2.45) is 0 Å². The molecule has 0 atom stereocenters. The lowest BCUT2D eigenvalue weighted by Crippen LogP contribution is -2.17. The van der Waals surface area contributed by atoms with Gasteiger partial charge >= 0.3 is 6.18 Å². The monoisotopic (exact) mass is 456 g/mol. The fourth-order valence-corrected chi connectivity index (χ4v) is 4.28. The fourth-order valence-electron chi connectivity index (χ4n) is 3.00. The van der Waals surface area contributed by atoms with Crippen molar-refractivity contribution in [2.45, 2.75) is 11.1 Å². The average Bonchev–Trinajstić information content (AvgIpc) is 2.69. The third-order valence-corrected chi connectivity index (χ3v) is 5.86. The van der Waals surface area contributed by atoms with Crippen molar-refractivity contribution < 1.29 is 30.4 Å². The van der Waals surface area contributed by atoms with Gasteiger partial charge in [0.05, 0.1) is 10.5 Å². The molecule has 0 amide bonds. The molecular formula is C21H17F5N2O2S. The quantitative estimate of drug-likeness (QED) is 0.515. The number of nitrogens with one attached hydrogen (secondary N) is 1. The molecule has 10 heteroatoms. The number of sulfonamides is 1. The molecule has 0 aliphatic carbocycles. The molecule has 0 aromatic heterocycles. The predicted molar refractivity (Wildman–Crippen MR) is 108 cm³/mol. The van der Waals surface area contributed by atoms with Gasteiger partial charge in [-0.25, -0.2) is 17.2 Å². The number of nitrogens with zero attached hydrogens (tertiary/aromatic N) is 1. The van der Waals surface area contributed by atoms with Gasteiger partial charge in [0.15, 0.2) is 11.6 Å². The molecule has 0 spiro atoms. The minimum Gasteiger partial charge on any atom is -0.377 e. The summed E-state index contributed by atoms with van der Waals surface area (Å²) in [5.74, 6) is -2.74. The number of halogens is 5. The highest BCUT2D eigenvalue weighted by molar-refractivity contribution is 7.92. The molecule has 164 valence electrons. The summed E-state index contributed by atoms with van der Waals surface area (Å²) in [6.07, 6.45) is -4.66. The topological polar surface area (TPSA) is 49.4 Å². The minimum absolute atomic E-state index is 0.0240. The zero-order valence-electron chi connectivity index (χ0n) is 16.3. The van der Waals surface area contributed by atoms with Crippen molar-refractivity contribution in [2.75, 3.05) is 23.7 Å². The van der Waals surface area contributed by atoms with Crippen LogP contribution in [-0.2, 0) is 16.2 Å². The van der Waals surface area contributed by atoms with Gasteiger partial charge in [-0.3, -0.25) is 4.72 Å². The summed E-state index contributed by atoms with van der Waals surface area (Å²) in [5.41, 5.74) is -1.33. The maximum absolute atomic E-state index is 14.0. The Morgan fingerprint density at radius 3 is 2.06 bits per heavy atom. The van der Waals surface area contributed by atoms with Gasteiger partial charge in [-0.15, -0.1) is 0 Å².